The minimum Gasteiger partial charge on any atom is -0.350 e. The van der Waals surface area contributed by atoms with Gasteiger partial charge in [0.25, 0.3) is 10.0 Å². The minimum atomic E-state index is -4.15. The van der Waals surface area contributed by atoms with E-state index in [2.05, 4.69) is 5.32 Å². The fourth-order valence-electron chi connectivity index (χ4n) is 4.30. The third-order valence-electron chi connectivity index (χ3n) is 6.53. The Kier molecular flexibility index (Phi) is 10.5. The van der Waals surface area contributed by atoms with Crippen molar-refractivity contribution < 1.29 is 18.0 Å². The molecule has 3 aromatic carbocycles. The number of rotatable bonds is 10. The van der Waals surface area contributed by atoms with Crippen LogP contribution >= 0.6 is 23.2 Å². The molecule has 0 saturated carbocycles. The van der Waals surface area contributed by atoms with Crippen LogP contribution in [0.5, 0.6) is 0 Å². The van der Waals surface area contributed by atoms with Crippen molar-refractivity contribution in [2.24, 2.45) is 0 Å². The van der Waals surface area contributed by atoms with E-state index in [1.807, 2.05) is 46.8 Å². The number of hydrogen-bond donors (Lipinski definition) is 1. The summed E-state index contributed by atoms with van der Waals surface area (Å²) in [4.78, 5) is 28.8. The van der Waals surface area contributed by atoms with Gasteiger partial charge in [0.1, 0.15) is 12.6 Å². The Hall–Kier alpha value is -3.07. The van der Waals surface area contributed by atoms with Gasteiger partial charge >= 0.3 is 0 Å². The molecular weight excluding hydrogens is 581 g/mol. The summed E-state index contributed by atoms with van der Waals surface area (Å²) in [6.45, 7) is 10.5. The largest absolute Gasteiger partial charge is 0.350 e. The molecule has 0 radical (unpaired) electrons. The van der Waals surface area contributed by atoms with Gasteiger partial charge in [-0.05, 0) is 82.5 Å². The Labute approximate surface area is 253 Å². The molecule has 0 aliphatic rings. The molecule has 41 heavy (non-hydrogen) atoms. The van der Waals surface area contributed by atoms with Gasteiger partial charge in [-0.1, -0.05) is 72.1 Å². The van der Waals surface area contributed by atoms with Crippen molar-refractivity contribution in [3.8, 4) is 0 Å². The predicted octanol–water partition coefficient (Wildman–Crippen LogP) is 6.39. The summed E-state index contributed by atoms with van der Waals surface area (Å²) in [5.74, 6) is -0.915. The van der Waals surface area contributed by atoms with Crippen molar-refractivity contribution in [2.75, 3.05) is 10.8 Å². The Morgan fingerprint density at radius 3 is 2.17 bits per heavy atom. The molecule has 220 valence electrons. The van der Waals surface area contributed by atoms with E-state index in [1.54, 1.807) is 49.4 Å². The normalized spacial score (nSPS) is 12.5. The van der Waals surface area contributed by atoms with E-state index in [0.29, 0.717) is 27.7 Å². The Morgan fingerprint density at radius 2 is 1.59 bits per heavy atom. The highest BCUT2D eigenvalue weighted by Gasteiger charge is 2.34. The number of hydrogen-bond acceptors (Lipinski definition) is 4. The number of nitrogens with one attached hydrogen (secondary N) is 1. The first kappa shape index (κ1) is 32.4. The van der Waals surface area contributed by atoms with Crippen LogP contribution < -0.4 is 9.62 Å². The number of halogens is 2. The Balaban J connectivity index is 2.09. The number of aryl methyl sites for hydroxylation is 2. The zero-order valence-corrected chi connectivity index (χ0v) is 26.6. The molecule has 10 heteroatoms. The van der Waals surface area contributed by atoms with Gasteiger partial charge in [-0.2, -0.15) is 0 Å². The van der Waals surface area contributed by atoms with Crippen molar-refractivity contribution in [1.29, 1.82) is 0 Å². The van der Waals surface area contributed by atoms with Gasteiger partial charge in [0.05, 0.1) is 20.6 Å². The summed E-state index contributed by atoms with van der Waals surface area (Å²) >= 11 is 12.3. The Morgan fingerprint density at radius 1 is 0.951 bits per heavy atom. The highest BCUT2D eigenvalue weighted by Crippen LogP contribution is 2.29. The molecular formula is C31H37Cl2N3O4S. The van der Waals surface area contributed by atoms with E-state index >= 15 is 0 Å². The summed E-state index contributed by atoms with van der Waals surface area (Å²) in [6.07, 6.45) is 0.557. The first-order valence-corrected chi connectivity index (χ1v) is 15.6. The summed E-state index contributed by atoms with van der Waals surface area (Å²) in [7, 11) is -4.15. The number of carbonyl (C=O) groups is 2. The number of benzene rings is 3. The maximum Gasteiger partial charge on any atom is 0.264 e. The van der Waals surface area contributed by atoms with Crippen molar-refractivity contribution in [1.82, 2.24) is 10.2 Å². The molecule has 0 saturated heterocycles. The van der Waals surface area contributed by atoms with Crippen LogP contribution in [0.4, 0.5) is 5.69 Å². The number of nitrogens with zero attached hydrogens (tertiary/aromatic N) is 2. The summed E-state index contributed by atoms with van der Waals surface area (Å²) in [5, 5.41) is 3.58. The molecule has 0 aliphatic heterocycles. The molecule has 0 aromatic heterocycles. The molecule has 0 bridgehead atoms. The number of sulfonamides is 1. The van der Waals surface area contributed by atoms with E-state index < -0.39 is 34.1 Å². The van der Waals surface area contributed by atoms with E-state index in [0.717, 1.165) is 15.4 Å². The number of carbonyl (C=O) groups excluding carboxylic acids is 2. The van der Waals surface area contributed by atoms with Crippen LogP contribution in [0.3, 0.4) is 0 Å². The minimum absolute atomic E-state index is 0.0162. The molecule has 2 amide bonds. The Bertz CT molecular complexity index is 1500. The lowest BCUT2D eigenvalue weighted by atomic mass is 10.1. The van der Waals surface area contributed by atoms with Crippen LogP contribution in [-0.4, -0.2) is 43.3 Å². The van der Waals surface area contributed by atoms with Gasteiger partial charge in [-0.3, -0.25) is 13.9 Å². The fraction of sp³-hybridized carbons (Fsp3) is 0.355. The lowest BCUT2D eigenvalue weighted by molar-refractivity contribution is -0.140. The topological polar surface area (TPSA) is 86.8 Å². The molecule has 0 fully saturated rings. The van der Waals surface area contributed by atoms with E-state index in [1.165, 1.54) is 17.0 Å². The smallest absolute Gasteiger partial charge is 0.264 e. The van der Waals surface area contributed by atoms with Crippen molar-refractivity contribution >= 4 is 50.7 Å². The zero-order valence-electron chi connectivity index (χ0n) is 24.2. The fourth-order valence-corrected chi connectivity index (χ4v) is 6.07. The van der Waals surface area contributed by atoms with Gasteiger partial charge < -0.3 is 10.2 Å². The first-order chi connectivity index (χ1) is 19.1. The van der Waals surface area contributed by atoms with Crippen LogP contribution in [-0.2, 0) is 32.6 Å². The van der Waals surface area contributed by atoms with Gasteiger partial charge in [0.2, 0.25) is 11.8 Å². The van der Waals surface area contributed by atoms with E-state index in [-0.39, 0.29) is 17.3 Å². The molecule has 7 nitrogen and oxygen atoms in total. The summed E-state index contributed by atoms with van der Waals surface area (Å²) < 4.78 is 29.2. The van der Waals surface area contributed by atoms with Crippen LogP contribution in [0.1, 0.15) is 51.3 Å². The van der Waals surface area contributed by atoms with Crippen LogP contribution in [0.15, 0.2) is 71.6 Å². The van der Waals surface area contributed by atoms with Gasteiger partial charge in [-0.15, -0.1) is 0 Å². The second kappa shape index (κ2) is 13.3. The van der Waals surface area contributed by atoms with Gasteiger partial charge in [-0.25, -0.2) is 8.42 Å². The molecule has 1 atom stereocenters. The van der Waals surface area contributed by atoms with Gasteiger partial charge in [0.15, 0.2) is 0 Å². The van der Waals surface area contributed by atoms with Crippen LogP contribution in [0, 0.1) is 6.92 Å². The second-order valence-corrected chi connectivity index (χ2v) is 13.7. The molecule has 3 aromatic rings. The molecule has 0 heterocycles. The first-order valence-electron chi connectivity index (χ1n) is 13.4. The monoisotopic (exact) mass is 617 g/mol. The average Bonchev–Trinajstić information content (AvgIpc) is 2.91. The number of anilines is 1. The van der Waals surface area contributed by atoms with E-state index in [9.17, 15) is 18.0 Å². The quantitative estimate of drug-likeness (QED) is 0.285. The zero-order chi connectivity index (χ0) is 30.5. The molecule has 0 aliphatic carbocycles. The third-order valence-corrected chi connectivity index (χ3v) is 9.04. The SMILES string of the molecule is CCc1ccccc1N(CC(=O)N(Cc1ccc(Cl)c(Cl)c1)[C@@H](C)C(=O)NC(C)(C)C)S(=O)(=O)c1ccc(C)cc1. The molecule has 1 N–H and O–H groups in total. The predicted molar refractivity (Wildman–Crippen MR) is 166 cm³/mol. The lowest BCUT2D eigenvalue weighted by Crippen LogP contribution is -2.54. The highest BCUT2D eigenvalue weighted by atomic mass is 35.5. The highest BCUT2D eigenvalue weighted by molar-refractivity contribution is 7.92. The lowest BCUT2D eigenvalue weighted by Gasteiger charge is -2.34. The maximum absolute atomic E-state index is 14.1. The molecule has 0 unspecified atom stereocenters. The third kappa shape index (κ3) is 8.24. The number of para-hydroxylation sites is 1. The standard InChI is InChI=1S/C31H37Cl2N3O4S/c1-7-24-10-8-9-11-28(24)36(41(39,40)25-15-12-21(2)13-16-25)20-29(37)35(22(3)30(38)34-31(4,5)6)19-23-14-17-26(32)27(33)18-23/h8-18,22H,7,19-20H2,1-6H3,(H,34,38)/t22-/m0/s1. The summed E-state index contributed by atoms with van der Waals surface area (Å²) in [6, 6.07) is 17.6. The number of amides is 2. The summed E-state index contributed by atoms with van der Waals surface area (Å²) in [5.41, 5.74) is 2.19. The second-order valence-electron chi connectivity index (χ2n) is 11.0. The van der Waals surface area contributed by atoms with Crippen molar-refractivity contribution in [3.63, 3.8) is 0 Å². The molecule has 3 rings (SSSR count). The average molecular weight is 619 g/mol. The van der Waals surface area contributed by atoms with Crippen molar-refractivity contribution in [2.45, 2.75) is 71.0 Å². The molecule has 0 spiro atoms. The van der Waals surface area contributed by atoms with Gasteiger partial charge in [0, 0.05) is 12.1 Å². The van der Waals surface area contributed by atoms with Crippen molar-refractivity contribution in [3.05, 3.63) is 93.5 Å². The van der Waals surface area contributed by atoms with E-state index in [4.69, 9.17) is 23.2 Å². The van der Waals surface area contributed by atoms with Crippen LogP contribution in [0.2, 0.25) is 10.0 Å². The van der Waals surface area contributed by atoms with Crippen LogP contribution in [0.25, 0.3) is 0 Å². The maximum atomic E-state index is 14.1.